The standard InChI is InChI=1S/C20H25F3/c1-2-3-4-5-6-7-16-8-10-17(11-9-16)18-12-14-19(15-13-18)20(21,22)23/h8,10-16H,2-7,9H2,1H3. The van der Waals surface area contributed by atoms with E-state index in [-0.39, 0.29) is 0 Å². The molecule has 0 aromatic heterocycles. The number of rotatable bonds is 7. The van der Waals surface area contributed by atoms with Crippen LogP contribution in [0, 0.1) is 5.92 Å². The molecule has 1 aromatic rings. The monoisotopic (exact) mass is 322 g/mol. The molecule has 0 saturated carbocycles. The van der Waals surface area contributed by atoms with Crippen LogP contribution in [0.5, 0.6) is 0 Å². The molecule has 0 saturated heterocycles. The molecular formula is C20H25F3. The molecule has 1 unspecified atom stereocenters. The average Bonchev–Trinajstić information content (AvgIpc) is 2.55. The van der Waals surface area contributed by atoms with Crippen molar-refractivity contribution in [3.8, 4) is 0 Å². The van der Waals surface area contributed by atoms with Gasteiger partial charge in [0.05, 0.1) is 5.56 Å². The van der Waals surface area contributed by atoms with Gasteiger partial charge in [0, 0.05) is 0 Å². The normalized spacial score (nSPS) is 18.1. The lowest BCUT2D eigenvalue weighted by Gasteiger charge is -2.16. The van der Waals surface area contributed by atoms with Gasteiger partial charge in [0.15, 0.2) is 0 Å². The van der Waals surface area contributed by atoms with Crippen molar-refractivity contribution in [1.82, 2.24) is 0 Å². The molecule has 23 heavy (non-hydrogen) atoms. The Morgan fingerprint density at radius 3 is 2.26 bits per heavy atom. The molecule has 1 aliphatic carbocycles. The molecule has 0 amide bonds. The van der Waals surface area contributed by atoms with Crippen LogP contribution in [0.2, 0.25) is 0 Å². The summed E-state index contributed by atoms with van der Waals surface area (Å²) in [4.78, 5) is 0. The number of unbranched alkanes of at least 4 members (excludes halogenated alkanes) is 4. The summed E-state index contributed by atoms with van der Waals surface area (Å²) < 4.78 is 37.7. The van der Waals surface area contributed by atoms with Crippen molar-refractivity contribution in [2.75, 3.05) is 0 Å². The van der Waals surface area contributed by atoms with Gasteiger partial charge in [0.1, 0.15) is 0 Å². The Bertz CT molecular complexity index is 535. The maximum absolute atomic E-state index is 12.6. The second-order valence-corrected chi connectivity index (χ2v) is 6.29. The van der Waals surface area contributed by atoms with E-state index in [1.54, 1.807) is 12.1 Å². The molecule has 0 heterocycles. The Hall–Kier alpha value is -1.51. The highest BCUT2D eigenvalue weighted by Crippen LogP contribution is 2.32. The minimum Gasteiger partial charge on any atom is -0.166 e. The maximum Gasteiger partial charge on any atom is 0.416 e. The zero-order chi connectivity index (χ0) is 16.7. The molecule has 1 aliphatic rings. The molecule has 0 bridgehead atoms. The van der Waals surface area contributed by atoms with E-state index in [4.69, 9.17) is 0 Å². The SMILES string of the molecule is CCCCCCCC1C=CC(c2ccc(C(F)(F)F)cc2)=CC1. The third kappa shape index (κ3) is 5.56. The molecule has 0 aliphatic heterocycles. The molecule has 0 spiro atoms. The first-order chi connectivity index (χ1) is 11.0. The molecule has 0 fully saturated rings. The van der Waals surface area contributed by atoms with E-state index in [1.807, 2.05) is 0 Å². The average molecular weight is 322 g/mol. The fraction of sp³-hybridized carbons (Fsp3) is 0.500. The van der Waals surface area contributed by atoms with E-state index in [0.29, 0.717) is 5.92 Å². The first-order valence-electron chi connectivity index (χ1n) is 8.56. The molecule has 0 N–H and O–H groups in total. The van der Waals surface area contributed by atoms with Gasteiger partial charge in [-0.3, -0.25) is 0 Å². The highest BCUT2D eigenvalue weighted by atomic mass is 19.4. The van der Waals surface area contributed by atoms with Crippen LogP contribution in [0.1, 0.15) is 63.0 Å². The van der Waals surface area contributed by atoms with E-state index in [9.17, 15) is 13.2 Å². The van der Waals surface area contributed by atoms with Crippen LogP contribution in [0.25, 0.3) is 5.57 Å². The minimum atomic E-state index is -4.27. The van der Waals surface area contributed by atoms with E-state index in [1.165, 1.54) is 38.5 Å². The summed E-state index contributed by atoms with van der Waals surface area (Å²) in [5, 5.41) is 0. The summed E-state index contributed by atoms with van der Waals surface area (Å²) in [5.41, 5.74) is 1.29. The Labute approximate surface area is 137 Å². The molecule has 2 rings (SSSR count). The summed E-state index contributed by atoms with van der Waals surface area (Å²) in [7, 11) is 0. The van der Waals surface area contributed by atoms with Gasteiger partial charge >= 0.3 is 6.18 Å². The Balaban J connectivity index is 1.84. The zero-order valence-corrected chi connectivity index (χ0v) is 13.7. The highest BCUT2D eigenvalue weighted by Gasteiger charge is 2.30. The van der Waals surface area contributed by atoms with Gasteiger partial charge in [-0.15, -0.1) is 0 Å². The van der Waals surface area contributed by atoms with Gasteiger partial charge in [-0.1, -0.05) is 69.4 Å². The van der Waals surface area contributed by atoms with Crippen LogP contribution in [-0.4, -0.2) is 0 Å². The predicted molar refractivity (Wildman–Crippen MR) is 90.0 cm³/mol. The Kier molecular flexibility index (Phi) is 6.49. The van der Waals surface area contributed by atoms with Gasteiger partial charge in [-0.25, -0.2) is 0 Å². The summed E-state index contributed by atoms with van der Waals surface area (Å²) in [6, 6.07) is 5.43. The Morgan fingerprint density at radius 2 is 1.70 bits per heavy atom. The zero-order valence-electron chi connectivity index (χ0n) is 13.7. The molecule has 3 heteroatoms. The summed E-state index contributed by atoms with van der Waals surface area (Å²) >= 11 is 0. The quantitative estimate of drug-likeness (QED) is 0.473. The summed E-state index contributed by atoms with van der Waals surface area (Å²) in [6.45, 7) is 2.22. The smallest absolute Gasteiger partial charge is 0.166 e. The topological polar surface area (TPSA) is 0 Å². The van der Waals surface area contributed by atoms with Gasteiger partial charge in [-0.05, 0) is 42.0 Å². The number of hydrogen-bond donors (Lipinski definition) is 0. The lowest BCUT2D eigenvalue weighted by molar-refractivity contribution is -0.137. The van der Waals surface area contributed by atoms with Gasteiger partial charge in [0.2, 0.25) is 0 Å². The first kappa shape index (κ1) is 17.8. The van der Waals surface area contributed by atoms with Crippen LogP contribution in [0.15, 0.2) is 42.5 Å². The van der Waals surface area contributed by atoms with Crippen molar-refractivity contribution in [3.63, 3.8) is 0 Å². The predicted octanol–water partition coefficient (Wildman–Crippen LogP) is 7.03. The second-order valence-electron chi connectivity index (χ2n) is 6.29. The number of allylic oxidation sites excluding steroid dienone is 4. The highest BCUT2D eigenvalue weighted by molar-refractivity contribution is 5.75. The van der Waals surface area contributed by atoms with E-state index in [2.05, 4.69) is 25.2 Å². The van der Waals surface area contributed by atoms with Gasteiger partial charge < -0.3 is 0 Å². The number of alkyl halides is 3. The fourth-order valence-electron chi connectivity index (χ4n) is 2.95. The molecular weight excluding hydrogens is 297 g/mol. The van der Waals surface area contributed by atoms with Crippen molar-refractivity contribution in [3.05, 3.63) is 53.6 Å². The molecule has 1 atom stereocenters. The second kappa shape index (κ2) is 8.37. The van der Waals surface area contributed by atoms with Gasteiger partial charge in [0.25, 0.3) is 0 Å². The Morgan fingerprint density at radius 1 is 1.00 bits per heavy atom. The lowest BCUT2D eigenvalue weighted by Crippen LogP contribution is -2.04. The first-order valence-corrected chi connectivity index (χ1v) is 8.56. The maximum atomic E-state index is 12.6. The molecule has 126 valence electrons. The van der Waals surface area contributed by atoms with Crippen LogP contribution in [0.3, 0.4) is 0 Å². The van der Waals surface area contributed by atoms with E-state index in [0.717, 1.165) is 29.7 Å². The largest absolute Gasteiger partial charge is 0.416 e. The number of hydrogen-bond acceptors (Lipinski definition) is 0. The lowest BCUT2D eigenvalue weighted by atomic mass is 9.89. The van der Waals surface area contributed by atoms with Crippen molar-refractivity contribution < 1.29 is 13.2 Å². The fourth-order valence-corrected chi connectivity index (χ4v) is 2.95. The van der Waals surface area contributed by atoms with Crippen LogP contribution >= 0.6 is 0 Å². The van der Waals surface area contributed by atoms with E-state index >= 15 is 0 Å². The van der Waals surface area contributed by atoms with Crippen molar-refractivity contribution in [1.29, 1.82) is 0 Å². The molecule has 0 nitrogen and oxygen atoms in total. The van der Waals surface area contributed by atoms with Crippen LogP contribution < -0.4 is 0 Å². The van der Waals surface area contributed by atoms with Crippen molar-refractivity contribution >= 4 is 5.57 Å². The molecule has 0 radical (unpaired) electrons. The molecule has 1 aromatic carbocycles. The van der Waals surface area contributed by atoms with Crippen molar-refractivity contribution in [2.45, 2.75) is 58.0 Å². The van der Waals surface area contributed by atoms with Crippen LogP contribution in [-0.2, 0) is 6.18 Å². The third-order valence-electron chi connectivity index (χ3n) is 4.41. The number of benzene rings is 1. The van der Waals surface area contributed by atoms with Crippen LogP contribution in [0.4, 0.5) is 13.2 Å². The summed E-state index contributed by atoms with van der Waals surface area (Å²) in [6.07, 6.45) is 10.8. The third-order valence-corrected chi connectivity index (χ3v) is 4.41. The number of halogens is 3. The summed E-state index contributed by atoms with van der Waals surface area (Å²) in [5.74, 6) is 0.579. The van der Waals surface area contributed by atoms with E-state index < -0.39 is 11.7 Å². The minimum absolute atomic E-state index is 0.579. The van der Waals surface area contributed by atoms with Crippen molar-refractivity contribution in [2.24, 2.45) is 5.92 Å². The van der Waals surface area contributed by atoms with Gasteiger partial charge in [-0.2, -0.15) is 13.2 Å².